The van der Waals surface area contributed by atoms with Crippen LogP contribution in [0.5, 0.6) is 0 Å². The number of aromatic amines is 1. The Kier molecular flexibility index (Phi) is 3.19. The normalized spacial score (nSPS) is 22.4. The second-order valence-electron chi connectivity index (χ2n) is 4.23. The number of hydrogen-bond acceptors (Lipinski definition) is 4. The smallest absolute Gasteiger partial charge is 0.276 e. The fourth-order valence-electron chi connectivity index (χ4n) is 2.19. The Balaban J connectivity index is 2.05. The molecule has 0 bridgehead atoms. The molecule has 1 aromatic heterocycles. The van der Waals surface area contributed by atoms with E-state index in [1.165, 1.54) is 6.20 Å². The first-order valence-corrected chi connectivity index (χ1v) is 5.53. The van der Waals surface area contributed by atoms with Crippen LogP contribution in [0.4, 0.5) is 0 Å². The van der Waals surface area contributed by atoms with Crippen molar-refractivity contribution in [2.75, 3.05) is 6.54 Å². The molecule has 16 heavy (non-hydrogen) atoms. The maximum atomic E-state index is 12.0. The molecule has 2 N–H and O–H groups in total. The zero-order valence-corrected chi connectivity index (χ0v) is 9.26. The Hall–Kier alpha value is -1.43. The van der Waals surface area contributed by atoms with Crippen molar-refractivity contribution >= 4 is 5.91 Å². The predicted molar refractivity (Wildman–Crippen MR) is 56.7 cm³/mol. The minimum Gasteiger partial charge on any atom is -0.393 e. The Bertz CT molecular complexity index is 350. The van der Waals surface area contributed by atoms with Crippen LogP contribution in [0.2, 0.25) is 0 Å². The molecule has 1 aromatic rings. The van der Waals surface area contributed by atoms with E-state index in [-0.39, 0.29) is 18.1 Å². The van der Waals surface area contributed by atoms with Gasteiger partial charge in [0.15, 0.2) is 5.69 Å². The van der Waals surface area contributed by atoms with Gasteiger partial charge in [0.05, 0.1) is 12.3 Å². The Labute approximate surface area is 93.6 Å². The van der Waals surface area contributed by atoms with Gasteiger partial charge in [-0.1, -0.05) is 0 Å². The third-order valence-electron chi connectivity index (χ3n) is 2.89. The van der Waals surface area contributed by atoms with Crippen molar-refractivity contribution < 1.29 is 9.90 Å². The van der Waals surface area contributed by atoms with E-state index in [0.717, 1.165) is 19.4 Å². The highest BCUT2D eigenvalue weighted by Crippen LogP contribution is 2.22. The van der Waals surface area contributed by atoms with Crippen LogP contribution in [0.1, 0.15) is 36.7 Å². The van der Waals surface area contributed by atoms with Crippen LogP contribution in [0, 0.1) is 0 Å². The molecule has 88 valence electrons. The minimum atomic E-state index is -0.379. The summed E-state index contributed by atoms with van der Waals surface area (Å²) in [4.78, 5) is 13.8. The van der Waals surface area contributed by atoms with Gasteiger partial charge in [0.1, 0.15) is 0 Å². The van der Waals surface area contributed by atoms with Crippen LogP contribution in [0.15, 0.2) is 6.20 Å². The van der Waals surface area contributed by atoms with Crippen LogP contribution < -0.4 is 0 Å². The number of carbonyl (C=O) groups excluding carboxylic acids is 1. The van der Waals surface area contributed by atoms with Crippen LogP contribution in [0.25, 0.3) is 0 Å². The predicted octanol–water partition coefficient (Wildman–Crippen LogP) is 0.180. The molecular formula is C10H16N4O2. The number of rotatable bonds is 3. The number of H-pyrrole nitrogens is 1. The summed E-state index contributed by atoms with van der Waals surface area (Å²) >= 11 is 0. The van der Waals surface area contributed by atoms with E-state index in [9.17, 15) is 9.90 Å². The average molecular weight is 224 g/mol. The largest absolute Gasteiger partial charge is 0.393 e. The van der Waals surface area contributed by atoms with Gasteiger partial charge in [-0.2, -0.15) is 15.4 Å². The lowest BCUT2D eigenvalue weighted by Gasteiger charge is -2.24. The molecule has 1 fully saturated rings. The van der Waals surface area contributed by atoms with Crippen LogP contribution in [-0.2, 0) is 0 Å². The lowest BCUT2D eigenvalue weighted by atomic mass is 10.1. The first-order valence-electron chi connectivity index (χ1n) is 5.53. The highest BCUT2D eigenvalue weighted by Gasteiger charge is 2.31. The van der Waals surface area contributed by atoms with Crippen molar-refractivity contribution in [3.63, 3.8) is 0 Å². The lowest BCUT2D eigenvalue weighted by molar-refractivity contribution is 0.0676. The Morgan fingerprint density at radius 2 is 2.62 bits per heavy atom. The molecule has 1 aliphatic heterocycles. The first kappa shape index (κ1) is 11.1. The van der Waals surface area contributed by atoms with Gasteiger partial charge in [0.25, 0.3) is 5.91 Å². The van der Waals surface area contributed by atoms with E-state index >= 15 is 0 Å². The van der Waals surface area contributed by atoms with E-state index in [2.05, 4.69) is 15.4 Å². The van der Waals surface area contributed by atoms with Crippen LogP contribution >= 0.6 is 0 Å². The Morgan fingerprint density at radius 3 is 3.25 bits per heavy atom. The molecule has 1 amide bonds. The number of nitrogens with zero attached hydrogens (tertiary/aromatic N) is 3. The molecule has 0 aromatic carbocycles. The van der Waals surface area contributed by atoms with Crippen LogP contribution in [0.3, 0.4) is 0 Å². The maximum Gasteiger partial charge on any atom is 0.276 e. The quantitative estimate of drug-likeness (QED) is 0.767. The molecule has 2 atom stereocenters. The number of aliphatic hydroxyl groups excluding tert-OH is 1. The number of likely N-dealkylation sites (tertiary alicyclic amines) is 1. The van der Waals surface area contributed by atoms with Crippen molar-refractivity contribution in [3.8, 4) is 0 Å². The minimum absolute atomic E-state index is 0.100. The summed E-state index contributed by atoms with van der Waals surface area (Å²) in [5.41, 5.74) is 0.345. The summed E-state index contributed by atoms with van der Waals surface area (Å²) in [5, 5.41) is 19.2. The number of carbonyl (C=O) groups is 1. The summed E-state index contributed by atoms with van der Waals surface area (Å²) in [6.45, 7) is 2.49. The van der Waals surface area contributed by atoms with Gasteiger partial charge in [-0.3, -0.25) is 4.79 Å². The zero-order valence-electron chi connectivity index (χ0n) is 9.26. The SMILES string of the molecule is CC(O)CC1CCCN1C(=O)c1cn[nH]n1. The summed E-state index contributed by atoms with van der Waals surface area (Å²) in [5.74, 6) is -0.100. The summed E-state index contributed by atoms with van der Waals surface area (Å²) < 4.78 is 0. The van der Waals surface area contributed by atoms with Gasteiger partial charge in [-0.15, -0.1) is 0 Å². The van der Waals surface area contributed by atoms with E-state index in [1.807, 2.05) is 0 Å². The van der Waals surface area contributed by atoms with E-state index in [0.29, 0.717) is 12.1 Å². The number of nitrogens with one attached hydrogen (secondary N) is 1. The number of aliphatic hydroxyl groups is 1. The van der Waals surface area contributed by atoms with E-state index in [1.54, 1.807) is 11.8 Å². The van der Waals surface area contributed by atoms with Crippen molar-refractivity contribution in [1.82, 2.24) is 20.3 Å². The van der Waals surface area contributed by atoms with Crippen molar-refractivity contribution in [1.29, 1.82) is 0 Å². The molecule has 2 rings (SSSR count). The van der Waals surface area contributed by atoms with Crippen molar-refractivity contribution in [3.05, 3.63) is 11.9 Å². The number of amides is 1. The second kappa shape index (κ2) is 4.61. The fraction of sp³-hybridized carbons (Fsp3) is 0.700. The van der Waals surface area contributed by atoms with Gasteiger partial charge >= 0.3 is 0 Å². The summed E-state index contributed by atoms with van der Waals surface area (Å²) in [7, 11) is 0. The molecule has 2 heterocycles. The highest BCUT2D eigenvalue weighted by atomic mass is 16.3. The Morgan fingerprint density at radius 1 is 1.81 bits per heavy atom. The molecule has 1 aliphatic rings. The van der Waals surface area contributed by atoms with Crippen molar-refractivity contribution in [2.24, 2.45) is 0 Å². The van der Waals surface area contributed by atoms with Gasteiger partial charge in [0.2, 0.25) is 0 Å². The maximum absolute atomic E-state index is 12.0. The van der Waals surface area contributed by atoms with Crippen LogP contribution in [-0.4, -0.2) is 50.0 Å². The molecule has 6 heteroatoms. The molecule has 2 unspecified atom stereocenters. The first-order chi connectivity index (χ1) is 7.68. The number of aromatic nitrogens is 3. The molecule has 0 saturated carbocycles. The van der Waals surface area contributed by atoms with E-state index < -0.39 is 0 Å². The third-order valence-corrected chi connectivity index (χ3v) is 2.89. The summed E-state index contributed by atoms with van der Waals surface area (Å²) in [6, 6.07) is 0.129. The number of hydrogen-bond donors (Lipinski definition) is 2. The summed E-state index contributed by atoms with van der Waals surface area (Å²) in [6.07, 6.45) is 3.62. The fourth-order valence-corrected chi connectivity index (χ4v) is 2.19. The molecule has 6 nitrogen and oxygen atoms in total. The van der Waals surface area contributed by atoms with Gasteiger partial charge in [-0.05, 0) is 26.2 Å². The monoisotopic (exact) mass is 224 g/mol. The van der Waals surface area contributed by atoms with Gasteiger partial charge in [-0.25, -0.2) is 0 Å². The third kappa shape index (κ3) is 2.21. The van der Waals surface area contributed by atoms with Gasteiger partial charge < -0.3 is 10.0 Å². The highest BCUT2D eigenvalue weighted by molar-refractivity contribution is 5.92. The standard InChI is InChI=1S/C10H16N4O2/c1-7(15)5-8-3-2-4-14(8)10(16)9-6-11-13-12-9/h6-8,15H,2-5H2,1H3,(H,11,12,13). The second-order valence-corrected chi connectivity index (χ2v) is 4.23. The molecule has 0 spiro atoms. The molecule has 1 saturated heterocycles. The topological polar surface area (TPSA) is 82.1 Å². The zero-order chi connectivity index (χ0) is 11.5. The van der Waals surface area contributed by atoms with Crippen molar-refractivity contribution in [2.45, 2.75) is 38.3 Å². The van der Waals surface area contributed by atoms with E-state index in [4.69, 9.17) is 0 Å². The lowest BCUT2D eigenvalue weighted by Crippen LogP contribution is -2.37. The molecular weight excluding hydrogens is 208 g/mol. The average Bonchev–Trinajstić information content (AvgIpc) is 2.84. The molecule has 0 aliphatic carbocycles. The van der Waals surface area contributed by atoms with Gasteiger partial charge in [0, 0.05) is 12.6 Å². The molecule has 0 radical (unpaired) electrons.